The molecule has 0 unspecified atom stereocenters. The van der Waals surface area contributed by atoms with E-state index in [1.807, 2.05) is 0 Å². The van der Waals surface area contributed by atoms with Crippen LogP contribution in [-0.4, -0.2) is 20.9 Å². The van der Waals surface area contributed by atoms with E-state index < -0.39 is 35.0 Å². The molecular formula is C17H8ClF5N2O2. The van der Waals surface area contributed by atoms with Crippen LogP contribution in [0.3, 0.4) is 0 Å². The van der Waals surface area contributed by atoms with Gasteiger partial charge in [-0.1, -0.05) is 11.6 Å². The van der Waals surface area contributed by atoms with E-state index in [9.17, 15) is 26.7 Å². The van der Waals surface area contributed by atoms with Crippen LogP contribution in [0.4, 0.5) is 22.0 Å². The van der Waals surface area contributed by atoms with Crippen LogP contribution in [0.1, 0.15) is 16.1 Å². The zero-order valence-corrected chi connectivity index (χ0v) is 13.8. The summed E-state index contributed by atoms with van der Waals surface area (Å²) in [7, 11) is 0. The molecule has 0 radical (unpaired) electrons. The standard InChI is InChI=1S/C17H8ClF5N2O2/c18-12-6-11(1-2-13(12)20)25-15(7-14(24-25)16(26)27)8-3-9(17(21,22)23)5-10(19)4-8/h1-7H,(H,26,27). The van der Waals surface area contributed by atoms with Crippen LogP contribution < -0.4 is 0 Å². The smallest absolute Gasteiger partial charge is 0.416 e. The van der Waals surface area contributed by atoms with Gasteiger partial charge in [0.05, 0.1) is 22.0 Å². The molecule has 4 nitrogen and oxygen atoms in total. The van der Waals surface area contributed by atoms with Gasteiger partial charge in [-0.25, -0.2) is 18.3 Å². The molecule has 0 atom stereocenters. The van der Waals surface area contributed by atoms with Crippen molar-refractivity contribution in [3.63, 3.8) is 0 Å². The fourth-order valence-corrected chi connectivity index (χ4v) is 2.58. The maximum atomic E-state index is 13.7. The quantitative estimate of drug-likeness (QED) is 0.614. The summed E-state index contributed by atoms with van der Waals surface area (Å²) in [5.41, 5.74) is -2.06. The van der Waals surface area contributed by atoms with Gasteiger partial charge in [-0.15, -0.1) is 0 Å². The summed E-state index contributed by atoms with van der Waals surface area (Å²) in [6.45, 7) is 0. The van der Waals surface area contributed by atoms with Gasteiger partial charge in [-0.05, 0) is 42.5 Å². The number of hydrogen-bond acceptors (Lipinski definition) is 2. The summed E-state index contributed by atoms with van der Waals surface area (Å²) in [6, 6.07) is 6.06. The Morgan fingerprint density at radius 2 is 1.78 bits per heavy atom. The van der Waals surface area contributed by atoms with E-state index in [-0.39, 0.29) is 22.0 Å². The number of halogens is 6. The van der Waals surface area contributed by atoms with Crippen LogP contribution in [0, 0.1) is 11.6 Å². The van der Waals surface area contributed by atoms with E-state index in [0.717, 1.165) is 28.9 Å². The number of aromatic nitrogens is 2. The highest BCUT2D eigenvalue weighted by molar-refractivity contribution is 6.30. The normalized spacial score (nSPS) is 11.6. The van der Waals surface area contributed by atoms with Crippen LogP contribution in [-0.2, 0) is 6.18 Å². The minimum absolute atomic E-state index is 0.0849. The molecule has 0 aliphatic heterocycles. The molecule has 0 fully saturated rings. The molecule has 1 heterocycles. The lowest BCUT2D eigenvalue weighted by Crippen LogP contribution is -2.07. The first-order chi connectivity index (χ1) is 12.6. The van der Waals surface area contributed by atoms with E-state index in [1.165, 1.54) is 6.07 Å². The number of carbonyl (C=O) groups is 1. The van der Waals surface area contributed by atoms with E-state index in [0.29, 0.717) is 12.1 Å². The number of hydrogen-bond donors (Lipinski definition) is 1. The number of aromatic carboxylic acids is 1. The van der Waals surface area contributed by atoms with E-state index >= 15 is 0 Å². The topological polar surface area (TPSA) is 55.1 Å². The van der Waals surface area contributed by atoms with Crippen molar-refractivity contribution in [2.45, 2.75) is 6.18 Å². The van der Waals surface area contributed by atoms with E-state index in [4.69, 9.17) is 16.7 Å². The Balaban J connectivity index is 2.25. The molecule has 3 aromatic rings. The molecule has 0 aliphatic rings. The summed E-state index contributed by atoms with van der Waals surface area (Å²) in [5, 5.41) is 12.6. The third kappa shape index (κ3) is 3.77. The van der Waals surface area contributed by atoms with Crippen molar-refractivity contribution in [1.29, 1.82) is 0 Å². The molecule has 0 bridgehead atoms. The first-order valence-corrected chi connectivity index (χ1v) is 7.61. The van der Waals surface area contributed by atoms with Crippen LogP contribution in [0.5, 0.6) is 0 Å². The Morgan fingerprint density at radius 1 is 1.07 bits per heavy atom. The van der Waals surface area contributed by atoms with Crippen molar-refractivity contribution in [3.05, 3.63) is 70.4 Å². The molecule has 0 saturated heterocycles. The third-order valence-corrected chi connectivity index (χ3v) is 3.89. The second-order valence-corrected chi connectivity index (χ2v) is 5.86. The number of nitrogens with zero attached hydrogens (tertiary/aromatic N) is 2. The van der Waals surface area contributed by atoms with E-state index in [2.05, 4.69) is 5.10 Å². The first kappa shape index (κ1) is 18.8. The zero-order valence-electron chi connectivity index (χ0n) is 13.1. The lowest BCUT2D eigenvalue weighted by molar-refractivity contribution is -0.137. The van der Waals surface area contributed by atoms with Gasteiger partial charge in [0.15, 0.2) is 5.69 Å². The fraction of sp³-hybridized carbons (Fsp3) is 0.0588. The maximum absolute atomic E-state index is 13.7. The monoisotopic (exact) mass is 402 g/mol. The molecule has 0 amide bonds. The predicted molar refractivity (Wildman–Crippen MR) is 85.9 cm³/mol. The van der Waals surface area contributed by atoms with Crippen molar-refractivity contribution in [3.8, 4) is 16.9 Å². The second-order valence-electron chi connectivity index (χ2n) is 5.46. The summed E-state index contributed by atoms with van der Waals surface area (Å²) in [4.78, 5) is 11.2. The Labute approximate surface area is 153 Å². The molecule has 140 valence electrons. The van der Waals surface area contributed by atoms with Crippen molar-refractivity contribution >= 4 is 17.6 Å². The number of alkyl halides is 3. The maximum Gasteiger partial charge on any atom is 0.416 e. The van der Waals surface area contributed by atoms with E-state index in [1.54, 1.807) is 0 Å². The Kier molecular flexibility index (Phi) is 4.64. The van der Waals surface area contributed by atoms with Crippen LogP contribution in [0.15, 0.2) is 42.5 Å². The molecule has 0 aliphatic carbocycles. The first-order valence-electron chi connectivity index (χ1n) is 7.23. The van der Waals surface area contributed by atoms with Gasteiger partial charge in [0.25, 0.3) is 0 Å². The van der Waals surface area contributed by atoms with Gasteiger partial charge in [0.2, 0.25) is 0 Å². The summed E-state index contributed by atoms with van der Waals surface area (Å²) >= 11 is 5.70. The number of carboxylic acid groups (broad SMARTS) is 1. The minimum atomic E-state index is -4.81. The Bertz CT molecular complexity index is 1050. The average Bonchev–Trinajstić information content (AvgIpc) is 3.01. The molecule has 10 heteroatoms. The highest BCUT2D eigenvalue weighted by atomic mass is 35.5. The third-order valence-electron chi connectivity index (χ3n) is 3.60. The molecule has 1 aromatic heterocycles. The average molecular weight is 403 g/mol. The highest BCUT2D eigenvalue weighted by Gasteiger charge is 2.32. The second kappa shape index (κ2) is 6.66. The predicted octanol–water partition coefficient (Wildman–Crippen LogP) is 5.19. The Morgan fingerprint density at radius 3 is 2.37 bits per heavy atom. The minimum Gasteiger partial charge on any atom is -0.476 e. The van der Waals surface area contributed by atoms with Gasteiger partial charge in [-0.3, -0.25) is 0 Å². The highest BCUT2D eigenvalue weighted by Crippen LogP contribution is 2.34. The Hall–Kier alpha value is -2.94. The van der Waals surface area contributed by atoms with Crippen molar-refractivity contribution in [1.82, 2.24) is 9.78 Å². The van der Waals surface area contributed by atoms with Crippen LogP contribution in [0.25, 0.3) is 16.9 Å². The molecular weight excluding hydrogens is 395 g/mol. The summed E-state index contributed by atoms with van der Waals surface area (Å²) in [5.74, 6) is -3.37. The number of benzene rings is 2. The number of rotatable bonds is 3. The van der Waals surface area contributed by atoms with Gasteiger partial charge in [0.1, 0.15) is 11.6 Å². The SMILES string of the molecule is O=C(O)c1cc(-c2cc(F)cc(C(F)(F)F)c2)n(-c2ccc(F)c(Cl)c2)n1. The fourth-order valence-electron chi connectivity index (χ4n) is 2.41. The molecule has 0 spiro atoms. The van der Waals surface area contributed by atoms with Crippen LogP contribution in [0.2, 0.25) is 5.02 Å². The summed E-state index contributed by atoms with van der Waals surface area (Å²) in [6.07, 6.45) is -4.81. The zero-order chi connectivity index (χ0) is 19.9. The molecule has 2 aromatic carbocycles. The molecule has 0 saturated carbocycles. The van der Waals surface area contributed by atoms with Crippen molar-refractivity contribution < 1.29 is 31.9 Å². The number of carboxylic acids is 1. The van der Waals surface area contributed by atoms with Gasteiger partial charge >= 0.3 is 12.1 Å². The summed E-state index contributed by atoms with van der Waals surface area (Å²) < 4.78 is 67.0. The van der Waals surface area contributed by atoms with Gasteiger partial charge in [-0.2, -0.15) is 18.3 Å². The van der Waals surface area contributed by atoms with Gasteiger partial charge in [0, 0.05) is 5.56 Å². The molecule has 1 N–H and O–H groups in total. The molecule has 3 rings (SSSR count). The van der Waals surface area contributed by atoms with Gasteiger partial charge < -0.3 is 5.11 Å². The van der Waals surface area contributed by atoms with Crippen LogP contribution >= 0.6 is 11.6 Å². The molecule has 27 heavy (non-hydrogen) atoms. The largest absolute Gasteiger partial charge is 0.476 e. The van der Waals surface area contributed by atoms with Crippen molar-refractivity contribution in [2.75, 3.05) is 0 Å². The lowest BCUT2D eigenvalue weighted by atomic mass is 10.1. The lowest BCUT2D eigenvalue weighted by Gasteiger charge is -2.11. The van der Waals surface area contributed by atoms with Crippen molar-refractivity contribution in [2.24, 2.45) is 0 Å².